The van der Waals surface area contributed by atoms with Crippen LogP contribution >= 0.6 is 11.8 Å². The highest BCUT2D eigenvalue weighted by molar-refractivity contribution is 6.13. The molecule has 0 aromatic rings. The van der Waals surface area contributed by atoms with E-state index in [0.717, 1.165) is 58.5 Å². The van der Waals surface area contributed by atoms with E-state index in [2.05, 4.69) is 9.74 Å². The molecule has 0 aliphatic rings. The van der Waals surface area contributed by atoms with E-state index in [1.165, 1.54) is 0 Å². The Labute approximate surface area is 92.1 Å². The van der Waals surface area contributed by atoms with E-state index in [1.807, 2.05) is 0 Å². The number of hydrogen-bond donors (Lipinski definition) is 3. The van der Waals surface area contributed by atoms with Crippen LogP contribution in [0.25, 0.3) is 0 Å². The Hall–Kier alpha value is 0.130. The Kier molecular flexibility index (Phi) is 11.3. The molecule has 0 amide bonds. The van der Waals surface area contributed by atoms with Crippen LogP contribution in [0.1, 0.15) is 19.3 Å². The van der Waals surface area contributed by atoms with Crippen molar-refractivity contribution in [2.75, 3.05) is 39.3 Å². The first-order valence-corrected chi connectivity index (χ1v) is 5.69. The van der Waals surface area contributed by atoms with E-state index < -0.39 is 0 Å². The number of nitrogens with zero attached hydrogens (tertiary/aromatic N) is 1. The Bertz CT molecular complexity index is 105. The summed E-state index contributed by atoms with van der Waals surface area (Å²) in [7, 11) is 0. The molecule has 0 aromatic heterocycles. The molecule has 0 rings (SSSR count). The maximum Gasteiger partial charge on any atom is 0.0120 e. The summed E-state index contributed by atoms with van der Waals surface area (Å²) in [5.74, 6) is 0. The number of nitrogens with two attached hydrogens (primary N) is 2. The van der Waals surface area contributed by atoms with Gasteiger partial charge in [-0.25, -0.2) is 4.84 Å². The highest BCUT2D eigenvalue weighted by Crippen LogP contribution is 1.95. The predicted molar refractivity (Wildman–Crippen MR) is 62.3 cm³/mol. The largest absolute Gasteiger partial charge is 0.330 e. The van der Waals surface area contributed by atoms with Gasteiger partial charge in [0.15, 0.2) is 0 Å². The van der Waals surface area contributed by atoms with Crippen molar-refractivity contribution in [3.63, 3.8) is 0 Å². The lowest BCUT2D eigenvalue weighted by Gasteiger charge is -2.21. The zero-order valence-corrected chi connectivity index (χ0v) is 9.60. The van der Waals surface area contributed by atoms with Crippen molar-refractivity contribution in [1.82, 2.24) is 9.74 Å². The number of halogens is 1. The minimum absolute atomic E-state index is 0.757. The Morgan fingerprint density at radius 1 is 0.929 bits per heavy atom. The van der Waals surface area contributed by atoms with Gasteiger partial charge in [0.1, 0.15) is 0 Å². The molecule has 0 bridgehead atoms. The second-order valence-corrected chi connectivity index (χ2v) is 3.63. The van der Waals surface area contributed by atoms with Crippen molar-refractivity contribution in [3.8, 4) is 0 Å². The molecule has 0 aliphatic heterocycles. The fourth-order valence-electron chi connectivity index (χ4n) is 1.33. The van der Waals surface area contributed by atoms with Crippen LogP contribution in [0.2, 0.25) is 0 Å². The van der Waals surface area contributed by atoms with Gasteiger partial charge in [-0.15, -0.1) is 0 Å². The van der Waals surface area contributed by atoms with Gasteiger partial charge in [-0.05, 0) is 63.8 Å². The second kappa shape index (κ2) is 11.2. The van der Waals surface area contributed by atoms with E-state index in [9.17, 15) is 0 Å². The molecule has 0 heterocycles. The van der Waals surface area contributed by atoms with Crippen LogP contribution in [0.3, 0.4) is 0 Å². The van der Waals surface area contributed by atoms with Crippen LogP contribution in [0, 0.1) is 0 Å². The zero-order chi connectivity index (χ0) is 10.6. The summed E-state index contributed by atoms with van der Waals surface area (Å²) in [6.45, 7) is 5.57. The summed E-state index contributed by atoms with van der Waals surface area (Å²) in [5.41, 5.74) is 11.0. The summed E-state index contributed by atoms with van der Waals surface area (Å²) in [6.07, 6.45) is 3.18. The molecule has 4 nitrogen and oxygen atoms in total. The van der Waals surface area contributed by atoms with Gasteiger partial charge >= 0.3 is 0 Å². The van der Waals surface area contributed by atoms with Crippen molar-refractivity contribution in [2.45, 2.75) is 19.3 Å². The molecule has 0 radical (unpaired) electrons. The average Bonchev–Trinajstić information content (AvgIpc) is 2.21. The number of rotatable bonds is 10. The first kappa shape index (κ1) is 14.1. The van der Waals surface area contributed by atoms with E-state index in [4.69, 9.17) is 23.2 Å². The number of nitrogens with one attached hydrogen (secondary N) is 1. The lowest BCUT2D eigenvalue weighted by molar-refractivity contribution is 0.267. The standard InChI is InChI=1S/C9H23ClN4/c10-13-6-3-9-14(7-1-4-11)8-2-5-12/h13H,1-9,11-12H2. The van der Waals surface area contributed by atoms with Crippen molar-refractivity contribution < 1.29 is 0 Å². The highest BCUT2D eigenvalue weighted by atomic mass is 35.5. The minimum Gasteiger partial charge on any atom is -0.330 e. The fourth-order valence-corrected chi connectivity index (χ4v) is 1.47. The highest BCUT2D eigenvalue weighted by Gasteiger charge is 2.02. The molecule has 0 saturated heterocycles. The molecule has 0 fully saturated rings. The second-order valence-electron chi connectivity index (χ2n) is 3.36. The fraction of sp³-hybridized carbons (Fsp3) is 1.00. The van der Waals surface area contributed by atoms with Gasteiger partial charge in [-0.1, -0.05) is 0 Å². The zero-order valence-electron chi connectivity index (χ0n) is 8.84. The van der Waals surface area contributed by atoms with Crippen LogP contribution in [0.15, 0.2) is 0 Å². The SMILES string of the molecule is NCCCN(CCCN)CCCNCl. The molecule has 5 heteroatoms. The van der Waals surface area contributed by atoms with Crippen molar-refractivity contribution >= 4 is 11.8 Å². The number of hydrogen-bond acceptors (Lipinski definition) is 4. The summed E-state index contributed by atoms with van der Waals surface area (Å²) >= 11 is 5.39. The topological polar surface area (TPSA) is 67.3 Å². The Morgan fingerprint density at radius 2 is 1.43 bits per heavy atom. The molecule has 86 valence electrons. The van der Waals surface area contributed by atoms with Crippen molar-refractivity contribution in [2.24, 2.45) is 11.5 Å². The summed E-state index contributed by atoms with van der Waals surface area (Å²) in [6, 6.07) is 0. The molecule has 0 aromatic carbocycles. The van der Waals surface area contributed by atoms with Crippen LogP contribution < -0.4 is 16.3 Å². The molecule has 0 spiro atoms. The van der Waals surface area contributed by atoms with Gasteiger partial charge in [0, 0.05) is 6.54 Å². The Morgan fingerprint density at radius 3 is 1.86 bits per heavy atom. The summed E-state index contributed by atoms with van der Waals surface area (Å²) < 4.78 is 0. The quantitative estimate of drug-likeness (QED) is 0.363. The van der Waals surface area contributed by atoms with Crippen molar-refractivity contribution in [3.05, 3.63) is 0 Å². The van der Waals surface area contributed by atoms with E-state index in [1.54, 1.807) is 0 Å². The normalized spacial score (nSPS) is 11.1. The molecule has 14 heavy (non-hydrogen) atoms. The monoisotopic (exact) mass is 222 g/mol. The van der Waals surface area contributed by atoms with Crippen LogP contribution in [-0.2, 0) is 0 Å². The van der Waals surface area contributed by atoms with Crippen molar-refractivity contribution in [1.29, 1.82) is 0 Å². The average molecular weight is 223 g/mol. The Balaban J connectivity index is 3.49. The molecule has 5 N–H and O–H groups in total. The third kappa shape index (κ3) is 8.72. The first-order valence-electron chi connectivity index (χ1n) is 5.31. The third-order valence-corrected chi connectivity index (χ3v) is 2.29. The van der Waals surface area contributed by atoms with Crippen LogP contribution in [0.5, 0.6) is 0 Å². The summed E-state index contributed by atoms with van der Waals surface area (Å²) in [5, 5.41) is 0. The minimum atomic E-state index is 0.757. The molecule has 0 saturated carbocycles. The lowest BCUT2D eigenvalue weighted by Crippen LogP contribution is -2.30. The molecule has 0 unspecified atom stereocenters. The third-order valence-electron chi connectivity index (χ3n) is 2.10. The van der Waals surface area contributed by atoms with Gasteiger partial charge in [-0.2, -0.15) is 0 Å². The molecular formula is C9H23ClN4. The smallest absolute Gasteiger partial charge is 0.0120 e. The van der Waals surface area contributed by atoms with E-state index >= 15 is 0 Å². The molecule has 0 atom stereocenters. The molecule has 0 aliphatic carbocycles. The first-order chi connectivity index (χ1) is 6.85. The van der Waals surface area contributed by atoms with Gasteiger partial charge in [-0.3, -0.25) is 0 Å². The molecular weight excluding hydrogens is 200 g/mol. The van der Waals surface area contributed by atoms with E-state index in [-0.39, 0.29) is 0 Å². The van der Waals surface area contributed by atoms with Gasteiger partial charge in [0.25, 0.3) is 0 Å². The van der Waals surface area contributed by atoms with E-state index in [0.29, 0.717) is 0 Å². The van der Waals surface area contributed by atoms with Gasteiger partial charge in [0.2, 0.25) is 0 Å². The lowest BCUT2D eigenvalue weighted by atomic mass is 10.3. The van der Waals surface area contributed by atoms with Crippen LogP contribution in [-0.4, -0.2) is 44.2 Å². The van der Waals surface area contributed by atoms with Gasteiger partial charge in [0.05, 0.1) is 0 Å². The van der Waals surface area contributed by atoms with Gasteiger partial charge < -0.3 is 16.4 Å². The predicted octanol–water partition coefficient (Wildman–Crippen LogP) is 0.120. The maximum absolute atomic E-state index is 5.48. The summed E-state index contributed by atoms with van der Waals surface area (Å²) in [4.78, 5) is 5.03. The maximum atomic E-state index is 5.48. The van der Waals surface area contributed by atoms with Crippen LogP contribution in [0.4, 0.5) is 0 Å².